The first-order valence-corrected chi connectivity index (χ1v) is 17.4. The molecule has 5 unspecified atom stereocenters. The van der Waals surface area contributed by atoms with Crippen molar-refractivity contribution in [1.82, 2.24) is 0 Å². The second-order valence-corrected chi connectivity index (χ2v) is 19.2. The fourth-order valence-electron chi connectivity index (χ4n) is 8.58. The van der Waals surface area contributed by atoms with Crippen molar-refractivity contribution in [3.05, 3.63) is 90.6 Å². The van der Waals surface area contributed by atoms with Gasteiger partial charge in [-0.3, -0.25) is 0 Å². The second-order valence-electron chi connectivity index (χ2n) is 14.5. The summed E-state index contributed by atoms with van der Waals surface area (Å²) >= 11 is 0. The molecular formula is C36H50Si. The molecule has 0 aromatic heterocycles. The van der Waals surface area contributed by atoms with E-state index in [1.165, 1.54) is 31.7 Å². The standard InChI is InChI=1S/C36H50Si/c1-8-9-23-37(29-17-13-14-18-29,28-15-11-10-12-16-28)34-32-24-26(35(2,3)4)19-21-30(32)31-22-20-27(25-33(31)34)36(5,6)7/h8,10-12,15-16,19-22,24-25,29-34H,1,9,13-14,17-18,23H2,2-7H3. The fourth-order valence-corrected chi connectivity index (χ4v) is 16.0. The average molecular weight is 511 g/mol. The topological polar surface area (TPSA) is 0 Å². The lowest BCUT2D eigenvalue weighted by atomic mass is 9.74. The Labute approximate surface area is 228 Å². The van der Waals surface area contributed by atoms with Gasteiger partial charge in [0.05, 0.1) is 8.07 Å². The van der Waals surface area contributed by atoms with E-state index in [9.17, 15) is 0 Å². The molecule has 5 atom stereocenters. The van der Waals surface area contributed by atoms with Crippen LogP contribution in [0, 0.1) is 34.5 Å². The molecule has 0 amide bonds. The van der Waals surface area contributed by atoms with E-state index in [1.54, 1.807) is 16.3 Å². The fraction of sp³-hybridized carbons (Fsp3) is 0.556. The molecule has 0 nitrogen and oxygen atoms in total. The van der Waals surface area contributed by atoms with Crippen LogP contribution < -0.4 is 5.19 Å². The maximum absolute atomic E-state index is 4.24. The van der Waals surface area contributed by atoms with Crippen molar-refractivity contribution in [2.45, 2.75) is 90.8 Å². The molecule has 0 bridgehead atoms. The maximum atomic E-state index is 4.24. The minimum Gasteiger partial charge on any atom is -0.103 e. The molecule has 0 spiro atoms. The summed E-state index contributed by atoms with van der Waals surface area (Å²) < 4.78 is 0. The molecule has 1 aromatic carbocycles. The number of benzene rings is 1. The van der Waals surface area contributed by atoms with Gasteiger partial charge in [0.1, 0.15) is 0 Å². The molecule has 4 aliphatic rings. The zero-order valence-corrected chi connectivity index (χ0v) is 25.3. The molecular weight excluding hydrogens is 460 g/mol. The molecule has 5 rings (SSSR count). The summed E-state index contributed by atoms with van der Waals surface area (Å²) in [5.41, 5.74) is 5.09. The van der Waals surface area contributed by atoms with Crippen molar-refractivity contribution in [1.29, 1.82) is 0 Å². The van der Waals surface area contributed by atoms with Crippen LogP contribution in [0.4, 0.5) is 0 Å². The molecule has 198 valence electrons. The smallest absolute Gasteiger partial charge is 0.0943 e. The third kappa shape index (κ3) is 4.75. The van der Waals surface area contributed by atoms with Crippen molar-refractivity contribution >= 4 is 13.3 Å². The van der Waals surface area contributed by atoms with Crippen LogP contribution in [0.2, 0.25) is 17.1 Å². The third-order valence-corrected chi connectivity index (χ3v) is 16.9. The Bertz CT molecular complexity index is 1040. The lowest BCUT2D eigenvalue weighted by Gasteiger charge is -2.48. The number of fused-ring (bicyclic) bond motifs is 3. The van der Waals surface area contributed by atoms with Crippen LogP contribution in [0.1, 0.15) is 73.6 Å². The van der Waals surface area contributed by atoms with Gasteiger partial charge in [0.25, 0.3) is 0 Å². The van der Waals surface area contributed by atoms with Gasteiger partial charge >= 0.3 is 0 Å². The van der Waals surface area contributed by atoms with E-state index < -0.39 is 8.07 Å². The molecule has 1 aromatic rings. The highest BCUT2D eigenvalue weighted by Crippen LogP contribution is 2.64. The molecule has 0 radical (unpaired) electrons. The van der Waals surface area contributed by atoms with Crippen LogP contribution in [0.15, 0.2) is 90.6 Å². The summed E-state index contributed by atoms with van der Waals surface area (Å²) in [6, 6.07) is 13.3. The van der Waals surface area contributed by atoms with E-state index in [-0.39, 0.29) is 10.8 Å². The molecule has 0 heterocycles. The van der Waals surface area contributed by atoms with Gasteiger partial charge in [-0.05, 0) is 69.2 Å². The summed E-state index contributed by atoms with van der Waals surface area (Å²) in [5.74, 6) is 2.50. The van der Waals surface area contributed by atoms with Crippen LogP contribution in [-0.4, -0.2) is 8.07 Å². The van der Waals surface area contributed by atoms with Crippen LogP contribution in [-0.2, 0) is 0 Å². The van der Waals surface area contributed by atoms with Gasteiger partial charge in [-0.2, -0.15) is 0 Å². The monoisotopic (exact) mass is 510 g/mol. The highest BCUT2D eigenvalue weighted by Gasteiger charge is 2.60. The zero-order chi connectivity index (χ0) is 26.4. The molecule has 0 saturated heterocycles. The van der Waals surface area contributed by atoms with Crippen LogP contribution in [0.5, 0.6) is 0 Å². The summed E-state index contributed by atoms with van der Waals surface area (Å²) in [7, 11) is -1.95. The Balaban J connectivity index is 1.75. The quantitative estimate of drug-likeness (QED) is 0.264. The molecule has 0 N–H and O–H groups in total. The van der Waals surface area contributed by atoms with Crippen molar-refractivity contribution in [2.75, 3.05) is 0 Å². The molecule has 1 heteroatoms. The second kappa shape index (κ2) is 10.0. The lowest BCUT2D eigenvalue weighted by Crippen LogP contribution is -2.57. The Morgan fingerprint density at radius 1 is 0.784 bits per heavy atom. The summed E-state index contributed by atoms with van der Waals surface area (Å²) in [4.78, 5) is 0. The van der Waals surface area contributed by atoms with Gasteiger partial charge in [0.15, 0.2) is 0 Å². The largest absolute Gasteiger partial charge is 0.103 e. The molecule has 4 aliphatic carbocycles. The van der Waals surface area contributed by atoms with Crippen molar-refractivity contribution in [3.63, 3.8) is 0 Å². The Kier molecular flexibility index (Phi) is 7.25. The first-order chi connectivity index (χ1) is 17.6. The number of allylic oxidation sites excluding steroid dienone is 9. The van der Waals surface area contributed by atoms with E-state index in [0.29, 0.717) is 23.7 Å². The van der Waals surface area contributed by atoms with Gasteiger partial charge < -0.3 is 0 Å². The van der Waals surface area contributed by atoms with Gasteiger partial charge in [-0.1, -0.05) is 145 Å². The first-order valence-electron chi connectivity index (χ1n) is 15.0. The van der Waals surface area contributed by atoms with E-state index in [0.717, 1.165) is 17.5 Å². The van der Waals surface area contributed by atoms with Crippen molar-refractivity contribution in [3.8, 4) is 0 Å². The van der Waals surface area contributed by atoms with Gasteiger partial charge in [0, 0.05) is 0 Å². The predicted molar refractivity (Wildman–Crippen MR) is 165 cm³/mol. The normalized spacial score (nSPS) is 31.4. The minimum atomic E-state index is -1.95. The first kappa shape index (κ1) is 26.7. The highest BCUT2D eigenvalue weighted by molar-refractivity contribution is 6.94. The zero-order valence-electron chi connectivity index (χ0n) is 24.3. The number of hydrogen-bond acceptors (Lipinski definition) is 0. The SMILES string of the molecule is C=CCC[Si](c1ccccc1)(C1CCCC1)C1C2C=C(C(C)(C)C)C=CC2C2C=CC(C(C)(C)C)=CC21. The molecule has 2 saturated carbocycles. The molecule has 2 fully saturated rings. The molecule has 0 aliphatic heterocycles. The Morgan fingerprint density at radius 2 is 1.30 bits per heavy atom. The Morgan fingerprint density at radius 3 is 1.76 bits per heavy atom. The number of rotatable bonds is 6. The van der Waals surface area contributed by atoms with Crippen LogP contribution >= 0.6 is 0 Å². The van der Waals surface area contributed by atoms with E-state index in [4.69, 9.17) is 0 Å². The van der Waals surface area contributed by atoms with Crippen LogP contribution in [0.25, 0.3) is 0 Å². The maximum Gasteiger partial charge on any atom is 0.0943 e. The van der Waals surface area contributed by atoms with E-state index >= 15 is 0 Å². The predicted octanol–water partition coefficient (Wildman–Crippen LogP) is 9.80. The van der Waals surface area contributed by atoms with Gasteiger partial charge in [-0.25, -0.2) is 0 Å². The average Bonchev–Trinajstić information content (AvgIpc) is 3.51. The van der Waals surface area contributed by atoms with Crippen molar-refractivity contribution < 1.29 is 0 Å². The van der Waals surface area contributed by atoms with Gasteiger partial charge in [0.2, 0.25) is 0 Å². The van der Waals surface area contributed by atoms with Crippen LogP contribution in [0.3, 0.4) is 0 Å². The highest BCUT2D eigenvalue weighted by atomic mass is 28.3. The van der Waals surface area contributed by atoms with Gasteiger partial charge in [-0.15, -0.1) is 6.58 Å². The Hall–Kier alpha value is -1.86. The van der Waals surface area contributed by atoms with E-state index in [1.807, 2.05) is 0 Å². The molecule has 37 heavy (non-hydrogen) atoms. The number of hydrogen-bond donors (Lipinski definition) is 0. The minimum absolute atomic E-state index is 0.188. The summed E-state index contributed by atoms with van der Waals surface area (Å²) in [6.07, 6.45) is 24.9. The third-order valence-electron chi connectivity index (χ3n) is 10.4. The summed E-state index contributed by atoms with van der Waals surface area (Å²) in [5, 5.41) is 1.73. The summed E-state index contributed by atoms with van der Waals surface area (Å²) in [6.45, 7) is 18.6. The van der Waals surface area contributed by atoms with E-state index in [2.05, 4.69) is 121 Å². The van der Waals surface area contributed by atoms with Crippen molar-refractivity contribution in [2.24, 2.45) is 34.5 Å². The lowest BCUT2D eigenvalue weighted by molar-refractivity contribution is 0.433.